The summed E-state index contributed by atoms with van der Waals surface area (Å²) in [5.74, 6) is -3.77. The number of rotatable bonds is 5. The van der Waals surface area contributed by atoms with Crippen LogP contribution in [0.15, 0.2) is 24.5 Å². The molecule has 17 heteroatoms. The quantitative estimate of drug-likeness (QED) is 0.519. The molecule has 1 aliphatic rings. The van der Waals surface area contributed by atoms with Gasteiger partial charge in [-0.3, -0.25) is 9.69 Å². The van der Waals surface area contributed by atoms with E-state index >= 15 is 0 Å². The van der Waals surface area contributed by atoms with Gasteiger partial charge in [0.25, 0.3) is 0 Å². The summed E-state index contributed by atoms with van der Waals surface area (Å²) in [6.07, 6.45) is -6.08. The van der Waals surface area contributed by atoms with Crippen LogP contribution in [0.3, 0.4) is 0 Å². The fraction of sp³-hybridized carbons (Fsp3) is 0.500. The monoisotopic (exact) mass is 571 g/mol. The van der Waals surface area contributed by atoms with Gasteiger partial charge in [-0.1, -0.05) is 6.07 Å². The number of methoxy groups -OCH3 is 1. The Morgan fingerprint density at radius 1 is 1.08 bits per heavy atom. The van der Waals surface area contributed by atoms with Crippen LogP contribution in [-0.4, -0.2) is 92.5 Å². The summed E-state index contributed by atoms with van der Waals surface area (Å²) in [6.45, 7) is 4.70. The standard InChI is InChI=1S/C18H25N5O2.2C2HF3O2/c1-13-17-20-15(10-16(24)21(2)3)12-23(17)9-8-22(13)11-14-6-5-7-19-18(14)25-4;2*3-2(4,5)1(6)7/h5-7,12-13H,8-11H2,1-4H3;2*(H,6,7). The minimum absolute atomic E-state index is 0.0695. The lowest BCUT2D eigenvalue weighted by atomic mass is 10.1. The molecule has 0 bridgehead atoms. The Bertz CT molecular complexity index is 1110. The number of alkyl halides is 6. The molecule has 0 saturated heterocycles. The third kappa shape index (κ3) is 10.4. The van der Waals surface area contributed by atoms with Crippen LogP contribution in [0, 0.1) is 0 Å². The summed E-state index contributed by atoms with van der Waals surface area (Å²) >= 11 is 0. The van der Waals surface area contributed by atoms with Gasteiger partial charge in [-0.25, -0.2) is 19.6 Å². The number of carboxylic acids is 2. The van der Waals surface area contributed by atoms with Crippen LogP contribution in [0.25, 0.3) is 0 Å². The Balaban J connectivity index is 0.000000449. The van der Waals surface area contributed by atoms with Crippen molar-refractivity contribution in [1.82, 2.24) is 24.3 Å². The number of imidazole rings is 1. The number of carboxylic acid groups (broad SMARTS) is 2. The van der Waals surface area contributed by atoms with Gasteiger partial charge in [-0.2, -0.15) is 26.3 Å². The second kappa shape index (κ2) is 13.8. The van der Waals surface area contributed by atoms with Crippen molar-refractivity contribution in [2.75, 3.05) is 27.7 Å². The van der Waals surface area contributed by atoms with Crippen molar-refractivity contribution in [3.63, 3.8) is 0 Å². The summed E-state index contributed by atoms with van der Waals surface area (Å²) in [5, 5.41) is 14.2. The van der Waals surface area contributed by atoms with Crippen LogP contribution in [0.1, 0.15) is 30.0 Å². The molecule has 1 unspecified atom stereocenters. The molecule has 0 saturated carbocycles. The number of aromatic nitrogens is 3. The van der Waals surface area contributed by atoms with Gasteiger partial charge in [0.2, 0.25) is 11.8 Å². The highest BCUT2D eigenvalue weighted by atomic mass is 19.4. The molecule has 0 spiro atoms. The zero-order valence-corrected chi connectivity index (χ0v) is 21.2. The van der Waals surface area contributed by atoms with E-state index in [0.29, 0.717) is 12.3 Å². The van der Waals surface area contributed by atoms with Crippen LogP contribution in [0.4, 0.5) is 26.3 Å². The molecule has 1 aliphatic heterocycles. The largest absolute Gasteiger partial charge is 0.490 e. The van der Waals surface area contributed by atoms with E-state index in [1.165, 1.54) is 0 Å². The van der Waals surface area contributed by atoms with Gasteiger partial charge in [0.1, 0.15) is 5.82 Å². The summed E-state index contributed by atoms with van der Waals surface area (Å²) in [5.41, 5.74) is 1.90. The maximum absolute atomic E-state index is 11.9. The van der Waals surface area contributed by atoms with Crippen LogP contribution in [0.2, 0.25) is 0 Å². The van der Waals surface area contributed by atoms with Crippen molar-refractivity contribution in [1.29, 1.82) is 0 Å². The summed E-state index contributed by atoms with van der Waals surface area (Å²) in [4.78, 5) is 42.7. The number of ether oxygens (including phenoxy) is 1. The first-order valence-electron chi connectivity index (χ1n) is 11.0. The van der Waals surface area contributed by atoms with E-state index in [9.17, 15) is 31.1 Å². The number of likely N-dealkylation sites (N-methyl/N-ethyl adjacent to an activating group) is 1. The number of pyridine rings is 1. The predicted molar refractivity (Wildman–Crippen MR) is 122 cm³/mol. The Hall–Kier alpha value is -3.89. The van der Waals surface area contributed by atoms with Gasteiger partial charge in [-0.05, 0) is 13.0 Å². The summed E-state index contributed by atoms with van der Waals surface area (Å²) in [7, 11) is 5.18. The molecule has 0 aromatic carbocycles. The van der Waals surface area contributed by atoms with Crippen molar-refractivity contribution in [2.24, 2.45) is 0 Å². The van der Waals surface area contributed by atoms with Crippen LogP contribution in [0.5, 0.6) is 5.88 Å². The number of nitrogens with zero attached hydrogens (tertiary/aromatic N) is 5. The average Bonchev–Trinajstić information content (AvgIpc) is 3.24. The van der Waals surface area contributed by atoms with Crippen LogP contribution in [-0.2, 0) is 33.9 Å². The molecule has 39 heavy (non-hydrogen) atoms. The molecular weight excluding hydrogens is 544 g/mol. The molecule has 3 rings (SSSR count). The molecule has 218 valence electrons. The number of amides is 1. The van der Waals surface area contributed by atoms with Gasteiger partial charge in [0.05, 0.1) is 25.3 Å². The Labute approximate surface area is 218 Å². The average molecular weight is 571 g/mol. The first kappa shape index (κ1) is 33.1. The normalized spacial score (nSPS) is 15.1. The number of carbonyl (C=O) groups is 3. The number of halogens is 6. The van der Waals surface area contributed by atoms with E-state index in [4.69, 9.17) is 29.5 Å². The van der Waals surface area contributed by atoms with Crippen LogP contribution >= 0.6 is 0 Å². The number of hydrogen-bond donors (Lipinski definition) is 2. The van der Waals surface area contributed by atoms with Crippen molar-refractivity contribution in [3.05, 3.63) is 41.6 Å². The molecule has 2 N–H and O–H groups in total. The first-order chi connectivity index (χ1) is 17.9. The fourth-order valence-corrected chi connectivity index (χ4v) is 3.15. The summed E-state index contributed by atoms with van der Waals surface area (Å²) < 4.78 is 71.0. The minimum Gasteiger partial charge on any atom is -0.481 e. The van der Waals surface area contributed by atoms with Gasteiger partial charge in [0.15, 0.2) is 0 Å². The van der Waals surface area contributed by atoms with Crippen molar-refractivity contribution >= 4 is 17.8 Å². The minimum atomic E-state index is -5.08. The Kier molecular flexibility index (Phi) is 11.7. The molecule has 11 nitrogen and oxygen atoms in total. The lowest BCUT2D eigenvalue weighted by Gasteiger charge is -2.33. The van der Waals surface area contributed by atoms with Crippen molar-refractivity contribution < 1.29 is 55.7 Å². The van der Waals surface area contributed by atoms with Gasteiger partial charge < -0.3 is 24.4 Å². The van der Waals surface area contributed by atoms with E-state index in [2.05, 4.69) is 21.4 Å². The molecule has 1 atom stereocenters. The third-order valence-electron chi connectivity index (χ3n) is 5.14. The SMILES string of the molecule is COc1ncccc1CN1CCn2cc(CC(=O)N(C)C)nc2C1C.O=C(O)C(F)(F)F.O=C(O)C(F)(F)F. The van der Waals surface area contributed by atoms with E-state index < -0.39 is 24.3 Å². The molecule has 1 amide bonds. The number of fused-ring (bicyclic) bond motifs is 1. The van der Waals surface area contributed by atoms with E-state index in [-0.39, 0.29) is 11.9 Å². The molecule has 3 heterocycles. The maximum atomic E-state index is 11.9. The molecule has 0 fully saturated rings. The van der Waals surface area contributed by atoms with Crippen LogP contribution < -0.4 is 4.74 Å². The number of hydrogen-bond acceptors (Lipinski definition) is 7. The fourth-order valence-electron chi connectivity index (χ4n) is 3.15. The molecule has 0 radical (unpaired) electrons. The number of carbonyl (C=O) groups excluding carboxylic acids is 1. The highest BCUT2D eigenvalue weighted by molar-refractivity contribution is 5.77. The van der Waals surface area contributed by atoms with Crippen molar-refractivity contribution in [3.8, 4) is 5.88 Å². The highest BCUT2D eigenvalue weighted by Crippen LogP contribution is 2.28. The van der Waals surface area contributed by atoms with E-state index in [1.807, 2.05) is 18.3 Å². The Morgan fingerprint density at radius 3 is 2.08 bits per heavy atom. The predicted octanol–water partition coefficient (Wildman–Crippen LogP) is 2.76. The maximum Gasteiger partial charge on any atom is 0.490 e. The van der Waals surface area contributed by atoms with Crippen molar-refractivity contribution in [2.45, 2.75) is 44.8 Å². The van der Waals surface area contributed by atoms with E-state index in [0.717, 1.165) is 36.7 Å². The molecule has 0 aliphatic carbocycles. The lowest BCUT2D eigenvalue weighted by molar-refractivity contribution is -0.193. The summed E-state index contributed by atoms with van der Waals surface area (Å²) in [6, 6.07) is 4.14. The van der Waals surface area contributed by atoms with Gasteiger partial charge in [0, 0.05) is 51.7 Å². The smallest absolute Gasteiger partial charge is 0.481 e. The zero-order chi connectivity index (χ0) is 30.1. The lowest BCUT2D eigenvalue weighted by Crippen LogP contribution is -2.36. The first-order valence-corrected chi connectivity index (χ1v) is 11.0. The second-order valence-corrected chi connectivity index (χ2v) is 8.17. The third-order valence-corrected chi connectivity index (χ3v) is 5.14. The van der Waals surface area contributed by atoms with Gasteiger partial charge in [-0.15, -0.1) is 0 Å². The Morgan fingerprint density at radius 2 is 1.62 bits per heavy atom. The van der Waals surface area contributed by atoms with E-state index in [1.54, 1.807) is 32.3 Å². The zero-order valence-electron chi connectivity index (χ0n) is 21.2. The molecule has 2 aromatic heterocycles. The topological polar surface area (TPSA) is 138 Å². The number of aliphatic carboxylic acids is 2. The molecular formula is C22H27F6N5O6. The second-order valence-electron chi connectivity index (χ2n) is 8.17. The highest BCUT2D eigenvalue weighted by Gasteiger charge is 2.39. The van der Waals surface area contributed by atoms with Gasteiger partial charge >= 0.3 is 24.3 Å². The molecule has 2 aromatic rings.